The van der Waals surface area contributed by atoms with Crippen molar-refractivity contribution in [3.05, 3.63) is 58.8 Å². The summed E-state index contributed by atoms with van der Waals surface area (Å²) < 4.78 is 76.5. The Labute approximate surface area is 196 Å². The molecule has 0 amide bonds. The van der Waals surface area contributed by atoms with Crippen molar-refractivity contribution in [1.29, 1.82) is 0 Å². The molecule has 0 fully saturated rings. The molecule has 1 heterocycles. The number of phenolic OH excluding ortho intramolecular Hbond substituents is 1. The van der Waals surface area contributed by atoms with Crippen LogP contribution in [-0.4, -0.2) is 34.5 Å². The Balaban J connectivity index is 2.13. The largest absolute Gasteiger partial charge is 0.573 e. The molecule has 1 aromatic heterocycles. The first-order valence-corrected chi connectivity index (χ1v) is 10.7. The van der Waals surface area contributed by atoms with Crippen LogP contribution in [0.25, 0.3) is 10.9 Å². The molecule has 6 nitrogen and oxygen atoms in total. The molecule has 188 valence electrons. The van der Waals surface area contributed by atoms with Crippen molar-refractivity contribution in [3.63, 3.8) is 0 Å². The number of aromatic nitrogens is 1. The first-order valence-electron chi connectivity index (χ1n) is 10.7. The summed E-state index contributed by atoms with van der Waals surface area (Å²) in [6.07, 6.45) is -3.55. The molecule has 0 spiro atoms. The van der Waals surface area contributed by atoms with Crippen LogP contribution < -0.4 is 4.74 Å². The second-order valence-electron chi connectivity index (χ2n) is 7.87. The van der Waals surface area contributed by atoms with Gasteiger partial charge in [-0.05, 0) is 50.1 Å². The lowest BCUT2D eigenvalue weighted by Gasteiger charge is -2.13. The highest BCUT2D eigenvalue weighted by molar-refractivity contribution is 6.05. The lowest BCUT2D eigenvalue weighted by molar-refractivity contribution is -0.274. The van der Waals surface area contributed by atoms with E-state index in [0.29, 0.717) is 6.42 Å². The van der Waals surface area contributed by atoms with Gasteiger partial charge in [0.1, 0.15) is 5.75 Å². The summed E-state index contributed by atoms with van der Waals surface area (Å²) in [7, 11) is 0. The quantitative estimate of drug-likeness (QED) is 0.246. The van der Waals surface area contributed by atoms with Crippen LogP contribution >= 0.6 is 0 Å². The molecule has 3 aromatic rings. The summed E-state index contributed by atoms with van der Waals surface area (Å²) >= 11 is 0. The molecule has 11 heteroatoms. The van der Waals surface area contributed by atoms with Gasteiger partial charge in [-0.2, -0.15) is 0 Å². The number of nitrogens with zero attached hydrogens (tertiary/aromatic N) is 1. The number of hydrogen-bond donors (Lipinski definition) is 1. The highest BCUT2D eigenvalue weighted by atomic mass is 19.4. The van der Waals surface area contributed by atoms with Gasteiger partial charge in [-0.25, -0.2) is 8.78 Å². The van der Waals surface area contributed by atoms with Gasteiger partial charge in [-0.1, -0.05) is 13.3 Å². The summed E-state index contributed by atoms with van der Waals surface area (Å²) in [5.41, 5.74) is -0.290. The van der Waals surface area contributed by atoms with Crippen molar-refractivity contribution in [2.45, 2.75) is 45.9 Å². The fourth-order valence-corrected chi connectivity index (χ4v) is 3.79. The van der Waals surface area contributed by atoms with E-state index in [2.05, 4.69) is 4.74 Å². The minimum Gasteiger partial charge on any atom is -0.503 e. The van der Waals surface area contributed by atoms with Crippen LogP contribution in [0.4, 0.5) is 22.0 Å². The number of unbranched alkanes of at least 4 members (excludes halogenated alkanes) is 1. The molecule has 0 saturated heterocycles. The highest BCUT2D eigenvalue weighted by Gasteiger charge is 2.32. The molecule has 0 aliphatic rings. The van der Waals surface area contributed by atoms with E-state index in [4.69, 9.17) is 4.74 Å². The van der Waals surface area contributed by atoms with E-state index in [1.807, 2.05) is 6.92 Å². The van der Waals surface area contributed by atoms with E-state index in [1.54, 1.807) is 0 Å². The van der Waals surface area contributed by atoms with Gasteiger partial charge in [0.2, 0.25) is 0 Å². The normalized spacial score (nSPS) is 12.6. The molecule has 2 aromatic carbocycles. The summed E-state index contributed by atoms with van der Waals surface area (Å²) in [5.74, 6) is -7.13. The summed E-state index contributed by atoms with van der Waals surface area (Å²) in [6.45, 7) is 4.85. The number of rotatable bonds is 7. The molecule has 1 atom stereocenters. The predicted molar refractivity (Wildman–Crippen MR) is 115 cm³/mol. The van der Waals surface area contributed by atoms with E-state index < -0.39 is 47.3 Å². The van der Waals surface area contributed by atoms with Gasteiger partial charge in [0.05, 0.1) is 18.0 Å². The third kappa shape index (κ3) is 5.23. The third-order valence-electron chi connectivity index (χ3n) is 5.48. The SMILES string of the molecule is CCCCOC(=O)[C@@H](C)c1c(C)n(C(=O)c2ccc(OC(F)(F)F)cc2)c2cc(F)c(O)c(F)c12. The standard InChI is InChI=1S/C24H22F5NO5/c1-4-5-10-34-23(33)12(2)18-13(3)30(17-11-16(25)21(31)20(26)19(17)18)22(32)14-6-8-15(9-7-14)35-24(27,28)29/h6-9,11-12,31H,4-5,10H2,1-3H3/t12-/m0/s1. The average Bonchev–Trinajstić information content (AvgIpc) is 3.07. The number of fused-ring (bicyclic) bond motifs is 1. The minimum atomic E-state index is -4.92. The van der Waals surface area contributed by atoms with Gasteiger partial charge in [-0.15, -0.1) is 13.2 Å². The summed E-state index contributed by atoms with van der Waals surface area (Å²) in [5, 5.41) is 9.49. The Morgan fingerprint density at radius 3 is 2.34 bits per heavy atom. The molecule has 1 N–H and O–H groups in total. The molecule has 0 bridgehead atoms. The van der Waals surface area contributed by atoms with E-state index in [0.717, 1.165) is 41.3 Å². The van der Waals surface area contributed by atoms with Gasteiger partial charge in [-0.3, -0.25) is 14.2 Å². The van der Waals surface area contributed by atoms with Gasteiger partial charge in [0.15, 0.2) is 17.4 Å². The number of esters is 1. The fourth-order valence-electron chi connectivity index (χ4n) is 3.79. The molecule has 0 saturated carbocycles. The number of ether oxygens (including phenoxy) is 2. The molecule has 35 heavy (non-hydrogen) atoms. The number of alkyl halides is 3. The van der Waals surface area contributed by atoms with Crippen LogP contribution in [0.3, 0.4) is 0 Å². The molecular weight excluding hydrogens is 477 g/mol. The van der Waals surface area contributed by atoms with E-state index >= 15 is 4.39 Å². The average molecular weight is 499 g/mol. The van der Waals surface area contributed by atoms with Crippen molar-refractivity contribution in [2.75, 3.05) is 6.61 Å². The molecule has 0 aliphatic heterocycles. The molecular formula is C24H22F5NO5. The smallest absolute Gasteiger partial charge is 0.503 e. The first kappa shape index (κ1) is 26.0. The lowest BCUT2D eigenvalue weighted by Crippen LogP contribution is -2.18. The Kier molecular flexibility index (Phi) is 7.37. The Morgan fingerprint density at radius 2 is 1.77 bits per heavy atom. The molecule has 0 aliphatic carbocycles. The molecule has 0 unspecified atom stereocenters. The van der Waals surface area contributed by atoms with Crippen LogP contribution in [0.5, 0.6) is 11.5 Å². The van der Waals surface area contributed by atoms with Gasteiger partial charge >= 0.3 is 12.3 Å². The number of benzene rings is 2. The first-order chi connectivity index (χ1) is 16.4. The highest BCUT2D eigenvalue weighted by Crippen LogP contribution is 2.39. The van der Waals surface area contributed by atoms with Crippen LogP contribution in [0.15, 0.2) is 30.3 Å². The van der Waals surface area contributed by atoms with Crippen molar-refractivity contribution >= 4 is 22.8 Å². The van der Waals surface area contributed by atoms with E-state index in [1.165, 1.54) is 13.8 Å². The second kappa shape index (κ2) is 9.93. The Bertz CT molecular complexity index is 1260. The minimum absolute atomic E-state index is 0.0136. The van der Waals surface area contributed by atoms with Gasteiger partial charge in [0, 0.05) is 22.7 Å². The summed E-state index contributed by atoms with van der Waals surface area (Å²) in [6, 6.07) is 4.71. The third-order valence-corrected chi connectivity index (χ3v) is 5.48. The van der Waals surface area contributed by atoms with Gasteiger partial charge < -0.3 is 14.6 Å². The topological polar surface area (TPSA) is 77.8 Å². The second-order valence-corrected chi connectivity index (χ2v) is 7.87. The van der Waals surface area contributed by atoms with Crippen molar-refractivity contribution < 1.29 is 46.1 Å². The maximum atomic E-state index is 15.0. The predicted octanol–water partition coefficient (Wildman–Crippen LogP) is 5.97. The van der Waals surface area contributed by atoms with Crippen LogP contribution in [-0.2, 0) is 9.53 Å². The number of aromatic hydroxyl groups is 1. The Morgan fingerprint density at radius 1 is 1.14 bits per heavy atom. The van der Waals surface area contributed by atoms with E-state index in [-0.39, 0.29) is 34.3 Å². The molecule has 3 rings (SSSR count). The monoisotopic (exact) mass is 499 g/mol. The molecule has 0 radical (unpaired) electrons. The number of carbonyl (C=O) groups is 2. The van der Waals surface area contributed by atoms with Crippen LogP contribution in [0.1, 0.15) is 54.2 Å². The number of carbonyl (C=O) groups excluding carboxylic acids is 2. The van der Waals surface area contributed by atoms with Crippen molar-refractivity contribution in [1.82, 2.24) is 4.57 Å². The fraction of sp³-hybridized carbons (Fsp3) is 0.333. The maximum absolute atomic E-state index is 15.0. The Hall–Kier alpha value is -3.63. The lowest BCUT2D eigenvalue weighted by atomic mass is 9.97. The zero-order valence-corrected chi connectivity index (χ0v) is 19.0. The van der Waals surface area contributed by atoms with Crippen molar-refractivity contribution in [2.24, 2.45) is 0 Å². The zero-order chi connectivity index (χ0) is 26.1. The maximum Gasteiger partial charge on any atom is 0.573 e. The van der Waals surface area contributed by atoms with Crippen LogP contribution in [0, 0.1) is 18.6 Å². The van der Waals surface area contributed by atoms with Crippen LogP contribution in [0.2, 0.25) is 0 Å². The zero-order valence-electron chi connectivity index (χ0n) is 19.0. The van der Waals surface area contributed by atoms with Gasteiger partial charge in [0.25, 0.3) is 5.91 Å². The van der Waals surface area contributed by atoms with Crippen molar-refractivity contribution in [3.8, 4) is 11.5 Å². The number of halogens is 5. The number of phenols is 1. The number of hydrogen-bond acceptors (Lipinski definition) is 5. The summed E-state index contributed by atoms with van der Waals surface area (Å²) in [4.78, 5) is 25.9. The van der Waals surface area contributed by atoms with E-state index in [9.17, 15) is 32.3 Å².